The summed E-state index contributed by atoms with van der Waals surface area (Å²) in [6.45, 7) is 2.46. The molecule has 2 aromatic rings. The highest BCUT2D eigenvalue weighted by Crippen LogP contribution is 2.20. The van der Waals surface area contributed by atoms with Crippen LogP contribution in [0.4, 0.5) is 5.69 Å². The Kier molecular flexibility index (Phi) is 6.35. The van der Waals surface area contributed by atoms with Crippen molar-refractivity contribution in [2.45, 2.75) is 19.8 Å². The summed E-state index contributed by atoms with van der Waals surface area (Å²) in [4.78, 5) is 23.6. The summed E-state index contributed by atoms with van der Waals surface area (Å²) in [6, 6.07) is 15.4. The summed E-state index contributed by atoms with van der Waals surface area (Å²) in [5.41, 5.74) is 2.87. The average molecular weight is 375 g/mol. The Morgan fingerprint density at radius 1 is 1.04 bits per heavy atom. The van der Waals surface area contributed by atoms with Crippen LogP contribution in [0.2, 0.25) is 0 Å². The Labute approximate surface area is 144 Å². The summed E-state index contributed by atoms with van der Waals surface area (Å²) in [5.74, 6) is -0.587. The van der Waals surface area contributed by atoms with Crippen molar-refractivity contribution in [1.82, 2.24) is 5.32 Å². The molecule has 0 radical (unpaired) electrons. The van der Waals surface area contributed by atoms with E-state index in [2.05, 4.69) is 26.6 Å². The van der Waals surface area contributed by atoms with Gasteiger partial charge in [-0.25, -0.2) is 0 Å². The van der Waals surface area contributed by atoms with Crippen LogP contribution in [-0.2, 0) is 16.0 Å². The molecule has 120 valence electrons. The molecule has 4 nitrogen and oxygen atoms in total. The van der Waals surface area contributed by atoms with E-state index in [1.54, 1.807) is 6.07 Å². The van der Waals surface area contributed by atoms with Crippen molar-refractivity contribution in [3.63, 3.8) is 0 Å². The standard InChI is InChI=1S/C18H19BrN2O2/c1-13-11-15(7-8-16(13)19)21-18(23)12-17(22)20-10-9-14-5-3-2-4-6-14/h2-8,11H,9-10,12H2,1H3,(H,20,22)(H,21,23). The van der Waals surface area contributed by atoms with Gasteiger partial charge in [0.2, 0.25) is 11.8 Å². The number of nitrogens with one attached hydrogen (secondary N) is 2. The Hall–Kier alpha value is -2.14. The minimum atomic E-state index is -0.316. The summed E-state index contributed by atoms with van der Waals surface area (Å²) in [6.07, 6.45) is 0.573. The molecule has 0 saturated heterocycles. The summed E-state index contributed by atoms with van der Waals surface area (Å²) in [5, 5.41) is 5.49. The molecule has 0 aliphatic rings. The first kappa shape index (κ1) is 17.2. The molecule has 23 heavy (non-hydrogen) atoms. The van der Waals surface area contributed by atoms with Gasteiger partial charge in [0.25, 0.3) is 0 Å². The molecule has 0 fully saturated rings. The SMILES string of the molecule is Cc1cc(NC(=O)CC(=O)NCCc2ccccc2)ccc1Br. The minimum Gasteiger partial charge on any atom is -0.355 e. The maximum atomic E-state index is 11.9. The number of aryl methyl sites for hydroxylation is 1. The fourth-order valence-electron chi connectivity index (χ4n) is 2.13. The molecule has 0 spiro atoms. The van der Waals surface area contributed by atoms with Crippen LogP contribution in [-0.4, -0.2) is 18.4 Å². The first-order valence-corrected chi connectivity index (χ1v) is 8.20. The van der Waals surface area contributed by atoms with E-state index < -0.39 is 0 Å². The van der Waals surface area contributed by atoms with Gasteiger partial charge in [0.1, 0.15) is 6.42 Å². The normalized spacial score (nSPS) is 10.2. The molecular formula is C18H19BrN2O2. The smallest absolute Gasteiger partial charge is 0.233 e. The molecule has 0 saturated carbocycles. The summed E-state index contributed by atoms with van der Waals surface area (Å²) >= 11 is 3.41. The van der Waals surface area contributed by atoms with E-state index in [9.17, 15) is 9.59 Å². The zero-order chi connectivity index (χ0) is 16.7. The fourth-order valence-corrected chi connectivity index (χ4v) is 2.37. The van der Waals surface area contributed by atoms with Gasteiger partial charge >= 0.3 is 0 Å². The predicted molar refractivity (Wildman–Crippen MR) is 95.3 cm³/mol. The van der Waals surface area contributed by atoms with Crippen molar-refractivity contribution >= 4 is 33.4 Å². The Bertz CT molecular complexity index is 687. The average Bonchev–Trinajstić information content (AvgIpc) is 2.52. The molecule has 2 amide bonds. The van der Waals surface area contributed by atoms with E-state index in [-0.39, 0.29) is 18.2 Å². The second-order valence-electron chi connectivity index (χ2n) is 5.27. The van der Waals surface area contributed by atoms with Crippen molar-refractivity contribution in [1.29, 1.82) is 0 Å². The first-order chi connectivity index (χ1) is 11.0. The van der Waals surface area contributed by atoms with Crippen LogP contribution in [0.15, 0.2) is 53.0 Å². The molecule has 0 atom stereocenters. The summed E-state index contributed by atoms with van der Waals surface area (Å²) in [7, 11) is 0. The Morgan fingerprint density at radius 3 is 2.48 bits per heavy atom. The van der Waals surface area contributed by atoms with Crippen LogP contribution in [0.5, 0.6) is 0 Å². The van der Waals surface area contributed by atoms with Gasteiger partial charge in [-0.3, -0.25) is 9.59 Å². The number of rotatable bonds is 6. The molecule has 0 bridgehead atoms. The van der Waals surface area contributed by atoms with Gasteiger partial charge < -0.3 is 10.6 Å². The van der Waals surface area contributed by atoms with Gasteiger partial charge in [-0.05, 0) is 42.7 Å². The maximum absolute atomic E-state index is 11.9. The van der Waals surface area contributed by atoms with Gasteiger partial charge in [-0.15, -0.1) is 0 Å². The maximum Gasteiger partial charge on any atom is 0.233 e. The van der Waals surface area contributed by atoms with Crippen LogP contribution in [0.3, 0.4) is 0 Å². The van der Waals surface area contributed by atoms with Crippen molar-refractivity contribution in [3.05, 3.63) is 64.1 Å². The third kappa shape index (κ3) is 5.87. The van der Waals surface area contributed by atoms with E-state index in [4.69, 9.17) is 0 Å². The molecule has 5 heteroatoms. The van der Waals surface area contributed by atoms with E-state index in [0.29, 0.717) is 12.2 Å². The third-order valence-corrected chi connectivity index (χ3v) is 4.23. The lowest BCUT2D eigenvalue weighted by Crippen LogP contribution is -2.29. The van der Waals surface area contributed by atoms with Crippen molar-refractivity contribution in [2.75, 3.05) is 11.9 Å². The lowest BCUT2D eigenvalue weighted by Gasteiger charge is -2.08. The third-order valence-electron chi connectivity index (χ3n) is 3.34. The highest BCUT2D eigenvalue weighted by Gasteiger charge is 2.09. The quantitative estimate of drug-likeness (QED) is 0.760. The lowest BCUT2D eigenvalue weighted by atomic mass is 10.1. The zero-order valence-electron chi connectivity index (χ0n) is 12.9. The molecule has 0 aromatic heterocycles. The molecule has 2 aromatic carbocycles. The number of carbonyl (C=O) groups excluding carboxylic acids is 2. The fraction of sp³-hybridized carbons (Fsp3) is 0.222. The van der Waals surface area contributed by atoms with Gasteiger partial charge in [-0.1, -0.05) is 46.3 Å². The predicted octanol–water partition coefficient (Wildman–Crippen LogP) is 3.45. The first-order valence-electron chi connectivity index (χ1n) is 7.41. The summed E-state index contributed by atoms with van der Waals surface area (Å²) < 4.78 is 0.981. The van der Waals surface area contributed by atoms with Crippen LogP contribution in [0.1, 0.15) is 17.5 Å². The lowest BCUT2D eigenvalue weighted by molar-refractivity contribution is -0.126. The number of hydrogen-bond donors (Lipinski definition) is 2. The Balaban J connectivity index is 1.74. The van der Waals surface area contributed by atoms with Crippen molar-refractivity contribution in [2.24, 2.45) is 0 Å². The number of halogens is 1. The van der Waals surface area contributed by atoms with Gasteiger partial charge in [0.05, 0.1) is 0 Å². The number of hydrogen-bond acceptors (Lipinski definition) is 2. The molecule has 0 aliphatic carbocycles. The topological polar surface area (TPSA) is 58.2 Å². The molecule has 0 unspecified atom stereocenters. The Morgan fingerprint density at radius 2 is 1.78 bits per heavy atom. The van der Waals surface area contributed by atoms with E-state index in [1.807, 2.05) is 49.4 Å². The molecule has 0 heterocycles. The van der Waals surface area contributed by atoms with Crippen LogP contribution >= 0.6 is 15.9 Å². The number of benzene rings is 2. The van der Waals surface area contributed by atoms with Crippen LogP contribution in [0, 0.1) is 6.92 Å². The molecular weight excluding hydrogens is 356 g/mol. The highest BCUT2D eigenvalue weighted by atomic mass is 79.9. The number of carbonyl (C=O) groups is 2. The largest absolute Gasteiger partial charge is 0.355 e. The monoisotopic (exact) mass is 374 g/mol. The van der Waals surface area contributed by atoms with Crippen LogP contribution < -0.4 is 10.6 Å². The van der Waals surface area contributed by atoms with Crippen molar-refractivity contribution < 1.29 is 9.59 Å². The van der Waals surface area contributed by atoms with Gasteiger partial charge in [0.15, 0.2) is 0 Å². The molecule has 0 aliphatic heterocycles. The zero-order valence-corrected chi connectivity index (χ0v) is 14.5. The van der Waals surface area contributed by atoms with E-state index >= 15 is 0 Å². The van der Waals surface area contributed by atoms with E-state index in [0.717, 1.165) is 22.0 Å². The van der Waals surface area contributed by atoms with E-state index in [1.165, 1.54) is 0 Å². The molecule has 2 rings (SSSR count). The van der Waals surface area contributed by atoms with Crippen LogP contribution in [0.25, 0.3) is 0 Å². The second kappa shape index (κ2) is 8.48. The second-order valence-corrected chi connectivity index (χ2v) is 6.13. The van der Waals surface area contributed by atoms with Gasteiger partial charge in [-0.2, -0.15) is 0 Å². The molecule has 2 N–H and O–H groups in total. The van der Waals surface area contributed by atoms with Gasteiger partial charge in [0, 0.05) is 16.7 Å². The minimum absolute atomic E-state index is 0.177. The number of anilines is 1. The van der Waals surface area contributed by atoms with Crippen molar-refractivity contribution in [3.8, 4) is 0 Å². The number of amides is 2. The highest BCUT2D eigenvalue weighted by molar-refractivity contribution is 9.10.